The first-order valence-electron chi connectivity index (χ1n) is 35.4. The topological polar surface area (TPSA) is 0 Å². The molecule has 20 rings (SSSR count). The van der Waals surface area contributed by atoms with Gasteiger partial charge in [-0.3, -0.25) is 0 Å². The number of rotatable bonds is 6. The van der Waals surface area contributed by atoms with Gasteiger partial charge in [0.15, 0.2) is 0 Å². The third kappa shape index (κ3) is 9.27. The van der Waals surface area contributed by atoms with Crippen molar-refractivity contribution in [3.8, 4) is 89.0 Å². The third-order valence-corrected chi connectivity index (χ3v) is 22.6. The van der Waals surface area contributed by atoms with Crippen molar-refractivity contribution in [2.75, 3.05) is 0 Å². The quantitative estimate of drug-likeness (QED) is 0.115. The number of fused-ring (bicyclic) bond motifs is 15. The lowest BCUT2D eigenvalue weighted by Gasteiger charge is -2.22. The van der Waals surface area contributed by atoms with Crippen molar-refractivity contribution in [2.45, 2.75) is 52.4 Å². The number of hydrogen-bond acceptors (Lipinski definition) is 0. The summed E-state index contributed by atoms with van der Waals surface area (Å²) in [5, 5.41) is 20.5. The molecule has 0 aliphatic heterocycles. The van der Waals surface area contributed by atoms with E-state index in [1.165, 1.54) is 209 Å². The molecule has 0 bridgehead atoms. The molecule has 18 aromatic carbocycles. The average Bonchev–Trinajstić information content (AvgIpc) is 1.28. The van der Waals surface area contributed by atoms with E-state index in [2.05, 4.69) is 369 Å². The summed E-state index contributed by atoms with van der Waals surface area (Å²) in [5.74, 6) is 0. The van der Waals surface area contributed by atoms with Gasteiger partial charge in [0.1, 0.15) is 0 Å². The van der Waals surface area contributed by atoms with Crippen molar-refractivity contribution in [1.29, 1.82) is 0 Å². The fourth-order valence-corrected chi connectivity index (χ4v) is 17.7. The number of benzene rings is 18. The van der Waals surface area contributed by atoms with E-state index in [0.29, 0.717) is 0 Å². The van der Waals surface area contributed by atoms with Crippen molar-refractivity contribution in [1.82, 2.24) is 0 Å². The Bertz CT molecular complexity index is 6460. The van der Waals surface area contributed by atoms with Gasteiger partial charge in [0, 0.05) is 10.8 Å². The average molecular weight is 1270 g/mol. The molecule has 2 aliphatic carbocycles. The lowest BCUT2D eigenvalue weighted by Crippen LogP contribution is -2.14. The van der Waals surface area contributed by atoms with Crippen LogP contribution in [0.1, 0.15) is 61.1 Å². The second-order valence-corrected chi connectivity index (χ2v) is 29.1. The molecule has 0 heterocycles. The van der Waals surface area contributed by atoms with Crippen molar-refractivity contribution in [2.24, 2.45) is 0 Å². The summed E-state index contributed by atoms with van der Waals surface area (Å²) < 4.78 is 0. The maximum Gasteiger partial charge on any atom is 0.0158 e. The molecule has 472 valence electrons. The predicted octanol–water partition coefficient (Wildman–Crippen LogP) is 27.8. The molecular formula is C100H72. The summed E-state index contributed by atoms with van der Waals surface area (Å²) in [7, 11) is 0. The molecule has 0 fully saturated rings. The molecule has 2 aliphatic rings. The van der Waals surface area contributed by atoms with Crippen LogP contribution < -0.4 is 0 Å². The van der Waals surface area contributed by atoms with Crippen molar-refractivity contribution >= 4 is 86.2 Å². The molecule has 18 aromatic rings. The molecule has 0 saturated carbocycles. The Morgan fingerprint density at radius 2 is 0.530 bits per heavy atom. The van der Waals surface area contributed by atoms with Crippen molar-refractivity contribution in [3.05, 3.63) is 361 Å². The molecule has 0 saturated heterocycles. The first-order valence-corrected chi connectivity index (χ1v) is 35.4. The molecule has 100 heavy (non-hydrogen) atoms. The van der Waals surface area contributed by atoms with Crippen LogP contribution in [-0.2, 0) is 10.8 Å². The van der Waals surface area contributed by atoms with Gasteiger partial charge in [0.25, 0.3) is 0 Å². The standard InChI is InChI=1S/2C50H36/c1-31-20-26-42-45(28-31)49(35-25-27-47-44(30-35)39-16-10-11-19-46(39)50(47,2)3)41-18-9-8-17-40(41)48(42)33-23-21-32(22-24-33)43-29-34-12-4-5-13-36(34)37-14-6-7-15-38(37)43;1-31-19-25-43-45(27-31)49(37-24-26-47-44(30-37)40-14-8-9-18-46(40)50(47,2)3)42-16-7-6-15-41(42)48(43)36-23-21-33-28-35(22-20-34(33)29-36)39-17-10-12-32-11-4-5-13-38(32)39/h2*4-30H,1-3H3. The van der Waals surface area contributed by atoms with Gasteiger partial charge in [-0.05, 0) is 242 Å². The van der Waals surface area contributed by atoms with Gasteiger partial charge in [0.05, 0.1) is 0 Å². The summed E-state index contributed by atoms with van der Waals surface area (Å²) in [6.07, 6.45) is 0. The number of hydrogen-bond donors (Lipinski definition) is 0. The number of aryl methyl sites for hydroxylation is 2. The summed E-state index contributed by atoms with van der Waals surface area (Å²) >= 11 is 0. The van der Waals surface area contributed by atoms with E-state index in [-0.39, 0.29) is 10.8 Å². The maximum atomic E-state index is 2.45. The van der Waals surface area contributed by atoms with E-state index in [4.69, 9.17) is 0 Å². The lowest BCUT2D eigenvalue weighted by atomic mass is 9.81. The van der Waals surface area contributed by atoms with Gasteiger partial charge in [0.2, 0.25) is 0 Å². The normalized spacial score (nSPS) is 13.3. The highest BCUT2D eigenvalue weighted by Crippen LogP contribution is 2.54. The van der Waals surface area contributed by atoms with Crippen LogP contribution in [-0.4, -0.2) is 0 Å². The smallest absolute Gasteiger partial charge is 0.0158 e. The van der Waals surface area contributed by atoms with E-state index < -0.39 is 0 Å². The molecule has 0 spiro atoms. The van der Waals surface area contributed by atoms with Crippen LogP contribution in [0.3, 0.4) is 0 Å². The van der Waals surface area contributed by atoms with Gasteiger partial charge in [-0.2, -0.15) is 0 Å². The van der Waals surface area contributed by atoms with Crippen LogP contribution >= 0.6 is 0 Å². The fraction of sp³-hybridized carbons (Fsp3) is 0.0800. The van der Waals surface area contributed by atoms with Gasteiger partial charge in [-0.25, -0.2) is 0 Å². The fourth-order valence-electron chi connectivity index (χ4n) is 17.7. The van der Waals surface area contributed by atoms with Crippen LogP contribution in [0.4, 0.5) is 0 Å². The summed E-state index contributed by atoms with van der Waals surface area (Å²) in [4.78, 5) is 0. The molecule has 0 amide bonds. The zero-order valence-corrected chi connectivity index (χ0v) is 57.2. The van der Waals surface area contributed by atoms with Gasteiger partial charge in [-0.15, -0.1) is 0 Å². The van der Waals surface area contributed by atoms with Crippen LogP contribution in [0.5, 0.6) is 0 Å². The Morgan fingerprint density at radius 1 is 0.170 bits per heavy atom. The van der Waals surface area contributed by atoms with E-state index in [0.717, 1.165) is 0 Å². The van der Waals surface area contributed by atoms with E-state index in [1.807, 2.05) is 0 Å². The summed E-state index contributed by atoms with van der Waals surface area (Å²) in [6, 6.07) is 123. The maximum absolute atomic E-state index is 2.45. The molecule has 0 aromatic heterocycles. The molecular weight excluding hydrogens is 1200 g/mol. The van der Waals surface area contributed by atoms with E-state index >= 15 is 0 Å². The zero-order valence-electron chi connectivity index (χ0n) is 57.2. The highest BCUT2D eigenvalue weighted by atomic mass is 14.4. The Hall–Kier alpha value is -12.0. The molecule has 0 nitrogen and oxygen atoms in total. The first kappa shape index (κ1) is 59.3. The highest BCUT2D eigenvalue weighted by Gasteiger charge is 2.37. The lowest BCUT2D eigenvalue weighted by molar-refractivity contribution is 0.660. The Labute approximate surface area is 584 Å². The predicted molar refractivity (Wildman–Crippen MR) is 430 cm³/mol. The van der Waals surface area contributed by atoms with Crippen LogP contribution in [0.25, 0.3) is 175 Å². The summed E-state index contributed by atoms with van der Waals surface area (Å²) in [5.41, 5.74) is 28.8. The Kier molecular flexibility index (Phi) is 13.5. The van der Waals surface area contributed by atoms with Crippen LogP contribution in [0, 0.1) is 13.8 Å². The van der Waals surface area contributed by atoms with Crippen LogP contribution in [0.15, 0.2) is 328 Å². The van der Waals surface area contributed by atoms with Crippen LogP contribution in [0.2, 0.25) is 0 Å². The molecule has 0 heteroatoms. The molecule has 0 N–H and O–H groups in total. The molecule has 0 atom stereocenters. The Balaban J connectivity index is 0.000000139. The molecule has 0 unspecified atom stereocenters. The van der Waals surface area contributed by atoms with Gasteiger partial charge in [-0.1, -0.05) is 336 Å². The monoisotopic (exact) mass is 1270 g/mol. The second-order valence-electron chi connectivity index (χ2n) is 29.1. The zero-order chi connectivity index (χ0) is 67.1. The first-order chi connectivity index (χ1) is 48.9. The summed E-state index contributed by atoms with van der Waals surface area (Å²) in [6.45, 7) is 13.8. The molecule has 0 radical (unpaired) electrons. The third-order valence-electron chi connectivity index (χ3n) is 22.6. The van der Waals surface area contributed by atoms with E-state index in [9.17, 15) is 0 Å². The van der Waals surface area contributed by atoms with Crippen molar-refractivity contribution < 1.29 is 0 Å². The minimum absolute atomic E-state index is 0.0131. The SMILES string of the molecule is Cc1ccc2c(-c3ccc(-c4cc5ccccc5c5ccccc45)cc3)c3ccccc3c(-c3ccc4c(c3)-c3ccccc3C4(C)C)c2c1.Cc1ccc2c(-c3ccc4cc(-c5cccc6ccccc56)ccc4c3)c3ccccc3c(-c3ccc4c(c3)-c3ccccc3C4(C)C)c2c1. The van der Waals surface area contributed by atoms with E-state index in [1.54, 1.807) is 0 Å². The van der Waals surface area contributed by atoms with Gasteiger partial charge >= 0.3 is 0 Å². The highest BCUT2D eigenvalue weighted by molar-refractivity contribution is 6.24. The minimum Gasteiger partial charge on any atom is -0.0619 e. The largest absolute Gasteiger partial charge is 0.0619 e. The van der Waals surface area contributed by atoms with Crippen molar-refractivity contribution in [3.63, 3.8) is 0 Å². The van der Waals surface area contributed by atoms with Gasteiger partial charge < -0.3 is 0 Å². The minimum atomic E-state index is -0.0136. The Morgan fingerprint density at radius 3 is 1.09 bits per heavy atom. The second kappa shape index (κ2) is 22.8.